The molecule has 2 unspecified atom stereocenters. The van der Waals surface area contributed by atoms with Crippen LogP contribution in [-0.2, 0) is 13.8 Å². The minimum Gasteiger partial charge on any atom is -0.371 e. The van der Waals surface area contributed by atoms with E-state index in [1.807, 2.05) is 6.08 Å². The van der Waals surface area contributed by atoms with Gasteiger partial charge in [-0.05, 0) is 44.1 Å². The third-order valence-corrected chi connectivity index (χ3v) is 5.90. The zero-order chi connectivity index (χ0) is 15.3. The number of rotatable bonds is 7. The van der Waals surface area contributed by atoms with Crippen LogP contribution in [0.1, 0.15) is 53.9 Å². The van der Waals surface area contributed by atoms with Crippen molar-refractivity contribution in [3.8, 4) is 0 Å². The molecule has 0 aromatic carbocycles. The van der Waals surface area contributed by atoms with E-state index in [1.165, 1.54) is 0 Å². The Bertz CT molecular complexity index is 376. The minimum absolute atomic E-state index is 0.0976. The van der Waals surface area contributed by atoms with E-state index in [2.05, 4.69) is 27.7 Å². The molecule has 0 saturated carbocycles. The maximum Gasteiger partial charge on any atom is 0.354 e. The van der Waals surface area contributed by atoms with Crippen molar-refractivity contribution in [2.75, 3.05) is 6.61 Å². The Kier molecular flexibility index (Phi) is 6.93. The van der Waals surface area contributed by atoms with Crippen LogP contribution in [0, 0.1) is 11.8 Å². The zero-order valence-electron chi connectivity index (χ0n) is 13.3. The van der Waals surface area contributed by atoms with E-state index < -0.39 is 7.60 Å². The Labute approximate surface area is 123 Å². The predicted octanol–water partition coefficient (Wildman–Crippen LogP) is 4.34. The van der Waals surface area contributed by atoms with Gasteiger partial charge in [-0.2, -0.15) is 0 Å². The molecule has 0 aliphatic heterocycles. The number of ether oxygens (including phenoxy) is 1. The Hall–Kier alpha value is -0.150. The SMILES string of the molecule is CCOP(=O)(O)C1=C[C@@H](OC(CC)CC)[C@H](C)C(C)C1. The lowest BCUT2D eigenvalue weighted by Crippen LogP contribution is -2.33. The Morgan fingerprint density at radius 3 is 2.45 bits per heavy atom. The van der Waals surface area contributed by atoms with Crippen molar-refractivity contribution in [2.24, 2.45) is 11.8 Å². The first-order valence-corrected chi connectivity index (χ1v) is 9.27. The van der Waals surface area contributed by atoms with Crippen LogP contribution in [0.25, 0.3) is 0 Å². The van der Waals surface area contributed by atoms with Crippen molar-refractivity contribution in [2.45, 2.75) is 66.1 Å². The van der Waals surface area contributed by atoms with Gasteiger partial charge >= 0.3 is 7.60 Å². The number of allylic oxidation sites excluding steroid dienone is 1. The summed E-state index contributed by atoms with van der Waals surface area (Å²) in [6, 6.07) is 0. The van der Waals surface area contributed by atoms with E-state index in [0.717, 1.165) is 12.8 Å². The van der Waals surface area contributed by atoms with E-state index in [0.29, 0.717) is 23.6 Å². The van der Waals surface area contributed by atoms with Gasteiger partial charge in [-0.15, -0.1) is 0 Å². The molecule has 0 bridgehead atoms. The molecular formula is C15H29O4P. The van der Waals surface area contributed by atoms with Gasteiger partial charge in [-0.1, -0.05) is 27.7 Å². The topological polar surface area (TPSA) is 55.8 Å². The second-order valence-corrected chi connectivity index (χ2v) is 7.55. The van der Waals surface area contributed by atoms with Crippen LogP contribution in [0.5, 0.6) is 0 Å². The van der Waals surface area contributed by atoms with E-state index >= 15 is 0 Å². The molecule has 20 heavy (non-hydrogen) atoms. The van der Waals surface area contributed by atoms with Gasteiger partial charge in [0.1, 0.15) is 0 Å². The van der Waals surface area contributed by atoms with Gasteiger partial charge in [-0.3, -0.25) is 4.57 Å². The maximum atomic E-state index is 12.2. The fraction of sp³-hybridized carbons (Fsp3) is 0.867. The number of hydrogen-bond donors (Lipinski definition) is 1. The van der Waals surface area contributed by atoms with Gasteiger partial charge in [0.2, 0.25) is 0 Å². The summed E-state index contributed by atoms with van der Waals surface area (Å²) in [5.41, 5.74) is 0. The van der Waals surface area contributed by atoms with Gasteiger partial charge in [0.25, 0.3) is 0 Å². The van der Waals surface area contributed by atoms with Crippen LogP contribution >= 0.6 is 7.60 Å². The van der Waals surface area contributed by atoms with Gasteiger partial charge in [-0.25, -0.2) is 0 Å². The molecule has 5 heteroatoms. The van der Waals surface area contributed by atoms with Crippen molar-refractivity contribution in [1.82, 2.24) is 0 Å². The molecule has 1 N–H and O–H groups in total. The third-order valence-electron chi connectivity index (χ3n) is 4.23. The van der Waals surface area contributed by atoms with Crippen LogP contribution < -0.4 is 0 Å². The van der Waals surface area contributed by atoms with Crippen molar-refractivity contribution in [1.29, 1.82) is 0 Å². The van der Waals surface area contributed by atoms with Crippen LogP contribution in [0.2, 0.25) is 0 Å². The molecule has 0 amide bonds. The predicted molar refractivity (Wildman–Crippen MR) is 81.7 cm³/mol. The lowest BCUT2D eigenvalue weighted by atomic mass is 9.83. The standard InChI is InChI=1S/C15H29O4P/c1-6-13(7-2)19-15-10-14(9-11(4)12(15)5)20(16,17)18-8-3/h10-13,15H,6-9H2,1-5H3,(H,16,17)/t11?,12-,15-/m1/s1. The molecule has 0 aromatic rings. The Balaban J connectivity index is 2.94. The summed E-state index contributed by atoms with van der Waals surface area (Å²) in [7, 11) is -3.65. The van der Waals surface area contributed by atoms with Crippen LogP contribution in [0.4, 0.5) is 0 Å². The summed E-state index contributed by atoms with van der Waals surface area (Å²) in [6.07, 6.45) is 4.46. The van der Waals surface area contributed by atoms with Gasteiger partial charge in [0.05, 0.1) is 18.8 Å². The first-order chi connectivity index (χ1) is 9.35. The fourth-order valence-electron chi connectivity index (χ4n) is 2.58. The van der Waals surface area contributed by atoms with Crippen LogP contribution in [0.3, 0.4) is 0 Å². The van der Waals surface area contributed by atoms with Gasteiger partial charge in [0, 0.05) is 5.31 Å². The molecule has 4 atom stereocenters. The zero-order valence-corrected chi connectivity index (χ0v) is 14.2. The highest BCUT2D eigenvalue weighted by Gasteiger charge is 2.36. The van der Waals surface area contributed by atoms with Crippen molar-refractivity contribution < 1.29 is 18.7 Å². The molecule has 1 rings (SSSR count). The van der Waals surface area contributed by atoms with E-state index in [1.54, 1.807) is 6.92 Å². The quantitative estimate of drug-likeness (QED) is 0.711. The smallest absolute Gasteiger partial charge is 0.354 e. The van der Waals surface area contributed by atoms with E-state index in [9.17, 15) is 9.46 Å². The monoisotopic (exact) mass is 304 g/mol. The average molecular weight is 304 g/mol. The second kappa shape index (κ2) is 7.74. The largest absolute Gasteiger partial charge is 0.371 e. The average Bonchev–Trinajstić information content (AvgIpc) is 2.40. The van der Waals surface area contributed by atoms with E-state index in [4.69, 9.17) is 9.26 Å². The first kappa shape index (κ1) is 17.9. The summed E-state index contributed by atoms with van der Waals surface area (Å²) in [4.78, 5) is 10.0. The molecule has 0 spiro atoms. The molecule has 0 aromatic heterocycles. The summed E-state index contributed by atoms with van der Waals surface area (Å²) < 4.78 is 23.4. The second-order valence-electron chi connectivity index (χ2n) is 5.68. The van der Waals surface area contributed by atoms with E-state index in [-0.39, 0.29) is 18.8 Å². The molecule has 0 saturated heterocycles. The summed E-state index contributed by atoms with van der Waals surface area (Å²) in [5, 5.41) is 0.515. The number of hydrogen-bond acceptors (Lipinski definition) is 3. The Morgan fingerprint density at radius 2 is 1.95 bits per heavy atom. The van der Waals surface area contributed by atoms with Crippen LogP contribution in [-0.4, -0.2) is 23.7 Å². The molecular weight excluding hydrogens is 275 g/mol. The summed E-state index contributed by atoms with van der Waals surface area (Å²) in [6.45, 7) is 10.4. The minimum atomic E-state index is -3.65. The molecule has 4 nitrogen and oxygen atoms in total. The fourth-order valence-corrected chi connectivity index (χ4v) is 3.95. The molecule has 0 fully saturated rings. The van der Waals surface area contributed by atoms with Gasteiger partial charge in [0.15, 0.2) is 0 Å². The highest BCUT2D eigenvalue weighted by molar-refractivity contribution is 7.57. The summed E-state index contributed by atoms with van der Waals surface area (Å²) >= 11 is 0. The normalized spacial score (nSPS) is 30.1. The van der Waals surface area contributed by atoms with Crippen molar-refractivity contribution in [3.05, 3.63) is 11.4 Å². The third kappa shape index (κ3) is 4.42. The Morgan fingerprint density at radius 1 is 1.35 bits per heavy atom. The summed E-state index contributed by atoms with van der Waals surface area (Å²) in [5.74, 6) is 0.663. The highest BCUT2D eigenvalue weighted by Crippen LogP contribution is 2.55. The molecule has 118 valence electrons. The molecule has 0 radical (unpaired) electrons. The molecule has 0 heterocycles. The molecule has 1 aliphatic rings. The van der Waals surface area contributed by atoms with Crippen molar-refractivity contribution >= 4 is 7.60 Å². The van der Waals surface area contributed by atoms with Crippen molar-refractivity contribution in [3.63, 3.8) is 0 Å². The lowest BCUT2D eigenvalue weighted by molar-refractivity contribution is -0.0311. The molecule has 1 aliphatic carbocycles. The van der Waals surface area contributed by atoms with Crippen LogP contribution in [0.15, 0.2) is 11.4 Å². The maximum absolute atomic E-state index is 12.2. The van der Waals surface area contributed by atoms with Gasteiger partial charge < -0.3 is 14.2 Å². The lowest BCUT2D eigenvalue weighted by Gasteiger charge is -2.35. The first-order valence-electron chi connectivity index (χ1n) is 7.69. The highest BCUT2D eigenvalue weighted by atomic mass is 31.2.